The van der Waals surface area contributed by atoms with E-state index in [2.05, 4.69) is 4.90 Å². The van der Waals surface area contributed by atoms with Gasteiger partial charge in [-0.1, -0.05) is 12.1 Å². The van der Waals surface area contributed by atoms with Gasteiger partial charge < -0.3 is 14.7 Å². The van der Waals surface area contributed by atoms with Gasteiger partial charge in [-0.2, -0.15) is 0 Å². The van der Waals surface area contributed by atoms with E-state index >= 15 is 0 Å². The van der Waals surface area contributed by atoms with Crippen molar-refractivity contribution in [1.29, 1.82) is 0 Å². The molecule has 0 unspecified atom stereocenters. The van der Waals surface area contributed by atoms with Gasteiger partial charge in [0, 0.05) is 32.7 Å². The zero-order valence-electron chi connectivity index (χ0n) is 17.3. The van der Waals surface area contributed by atoms with Crippen molar-refractivity contribution >= 4 is 23.1 Å². The van der Waals surface area contributed by atoms with E-state index in [0.717, 1.165) is 4.90 Å². The number of benzene rings is 2. The van der Waals surface area contributed by atoms with Crippen LogP contribution in [0.1, 0.15) is 5.56 Å². The number of carbonyl (C=O) groups excluding carboxylic acids is 2. The summed E-state index contributed by atoms with van der Waals surface area (Å²) in [6.45, 7) is 3.13. The number of hydrogen-bond donors (Lipinski definition) is 1. The van der Waals surface area contributed by atoms with E-state index in [-0.39, 0.29) is 6.61 Å². The molecule has 2 aromatic carbocycles. The van der Waals surface area contributed by atoms with Gasteiger partial charge >= 0.3 is 0 Å². The maximum atomic E-state index is 13.4. The van der Waals surface area contributed by atoms with Gasteiger partial charge in [0.25, 0.3) is 11.8 Å². The Balaban J connectivity index is 1.73. The van der Waals surface area contributed by atoms with Crippen LogP contribution in [0.15, 0.2) is 54.2 Å². The van der Waals surface area contributed by atoms with Gasteiger partial charge in [0.2, 0.25) is 0 Å². The van der Waals surface area contributed by atoms with Gasteiger partial charge in [-0.25, -0.2) is 9.29 Å². The fourth-order valence-corrected chi connectivity index (χ4v) is 3.99. The summed E-state index contributed by atoms with van der Waals surface area (Å²) in [7, 11) is 1.56. The Morgan fingerprint density at radius 3 is 2.16 bits per heavy atom. The highest BCUT2D eigenvalue weighted by Crippen LogP contribution is 2.35. The average molecular weight is 425 g/mol. The van der Waals surface area contributed by atoms with Crippen molar-refractivity contribution in [2.75, 3.05) is 51.3 Å². The van der Waals surface area contributed by atoms with Crippen molar-refractivity contribution in [3.05, 3.63) is 65.6 Å². The number of carbonyl (C=O) groups is 2. The molecule has 0 atom stereocenters. The summed E-state index contributed by atoms with van der Waals surface area (Å²) >= 11 is 0. The van der Waals surface area contributed by atoms with Crippen molar-refractivity contribution in [2.24, 2.45) is 0 Å². The second-order valence-electron chi connectivity index (χ2n) is 7.43. The van der Waals surface area contributed by atoms with Crippen LogP contribution in [0.25, 0.3) is 5.57 Å². The molecule has 0 spiro atoms. The topological polar surface area (TPSA) is 73.3 Å². The number of rotatable bonds is 6. The lowest BCUT2D eigenvalue weighted by atomic mass is 10.0. The zero-order chi connectivity index (χ0) is 22.0. The number of ether oxygens (including phenoxy) is 1. The molecular formula is C23H24FN3O4. The van der Waals surface area contributed by atoms with Gasteiger partial charge in [-0.3, -0.25) is 14.5 Å². The summed E-state index contributed by atoms with van der Waals surface area (Å²) in [5, 5.41) is 9.18. The number of piperazine rings is 1. The number of anilines is 1. The summed E-state index contributed by atoms with van der Waals surface area (Å²) < 4.78 is 18.6. The molecule has 7 nitrogen and oxygen atoms in total. The summed E-state index contributed by atoms with van der Waals surface area (Å²) in [6, 6.07) is 12.3. The first-order valence-corrected chi connectivity index (χ1v) is 10.1. The van der Waals surface area contributed by atoms with Gasteiger partial charge in [-0.05, 0) is 42.0 Å². The van der Waals surface area contributed by atoms with Crippen molar-refractivity contribution in [3.8, 4) is 5.75 Å². The third-order valence-electron chi connectivity index (χ3n) is 5.63. The van der Waals surface area contributed by atoms with Crippen molar-refractivity contribution in [3.63, 3.8) is 0 Å². The normalized spacial score (nSPS) is 17.6. The van der Waals surface area contributed by atoms with Gasteiger partial charge in [-0.15, -0.1) is 0 Å². The first-order chi connectivity index (χ1) is 15.0. The number of nitrogens with zero attached hydrogens (tertiary/aromatic N) is 3. The molecule has 0 aliphatic carbocycles. The van der Waals surface area contributed by atoms with Crippen LogP contribution in [0.4, 0.5) is 10.1 Å². The number of aliphatic hydroxyl groups excluding tert-OH is 1. The standard InChI is InChI=1S/C23H24FN3O4/c1-31-19-8-2-16(3-9-19)20-21(26-12-10-25(11-13-26)14-15-28)23(30)27(22(20)29)18-6-4-17(24)5-7-18/h2-9,28H,10-15H2,1H3. The zero-order valence-corrected chi connectivity index (χ0v) is 17.3. The first kappa shape index (κ1) is 21.0. The number of halogens is 1. The molecule has 2 aliphatic heterocycles. The smallest absolute Gasteiger partial charge is 0.282 e. The minimum absolute atomic E-state index is 0.0789. The summed E-state index contributed by atoms with van der Waals surface area (Å²) in [4.78, 5) is 32.0. The van der Waals surface area contributed by atoms with Gasteiger partial charge in [0.05, 0.1) is 25.0 Å². The number of β-amino-alcohol motifs (C(OH)–C–C–N with tert-alkyl or cyclic N) is 1. The molecule has 0 radical (unpaired) electrons. The highest BCUT2D eigenvalue weighted by Gasteiger charge is 2.43. The molecule has 1 N–H and O–H groups in total. The molecule has 0 bridgehead atoms. The molecule has 1 fully saturated rings. The lowest BCUT2D eigenvalue weighted by Gasteiger charge is -2.36. The Bertz CT molecular complexity index is 996. The predicted octanol–water partition coefficient (Wildman–Crippen LogP) is 1.73. The van der Waals surface area contributed by atoms with E-state index in [1.165, 1.54) is 24.3 Å². The van der Waals surface area contributed by atoms with Gasteiger partial charge in [0.1, 0.15) is 17.3 Å². The van der Waals surface area contributed by atoms with Crippen LogP contribution in [0.5, 0.6) is 5.75 Å². The van der Waals surface area contributed by atoms with Crippen LogP contribution < -0.4 is 9.64 Å². The number of methoxy groups -OCH3 is 1. The second-order valence-corrected chi connectivity index (χ2v) is 7.43. The SMILES string of the molecule is COc1ccc(C2=C(N3CCN(CCO)CC3)C(=O)N(c3ccc(F)cc3)C2=O)cc1. The molecule has 2 heterocycles. The van der Waals surface area contributed by atoms with Crippen LogP contribution in [0, 0.1) is 5.82 Å². The molecule has 31 heavy (non-hydrogen) atoms. The molecule has 0 aromatic heterocycles. The van der Waals surface area contributed by atoms with Crippen molar-refractivity contribution in [1.82, 2.24) is 9.80 Å². The molecule has 1 saturated heterocycles. The Morgan fingerprint density at radius 2 is 1.58 bits per heavy atom. The largest absolute Gasteiger partial charge is 0.497 e. The highest BCUT2D eigenvalue weighted by molar-refractivity contribution is 6.45. The summed E-state index contributed by atoms with van der Waals surface area (Å²) in [5.41, 5.74) is 1.63. The number of hydrogen-bond acceptors (Lipinski definition) is 6. The Labute approximate surface area is 179 Å². The molecule has 2 aromatic rings. The van der Waals surface area contributed by atoms with Crippen LogP contribution in [-0.2, 0) is 9.59 Å². The summed E-state index contributed by atoms with van der Waals surface area (Å²) in [5.74, 6) is -0.644. The fourth-order valence-electron chi connectivity index (χ4n) is 3.99. The fraction of sp³-hybridized carbons (Fsp3) is 0.304. The molecule has 0 saturated carbocycles. The van der Waals surface area contributed by atoms with Crippen molar-refractivity contribution in [2.45, 2.75) is 0 Å². The van der Waals surface area contributed by atoms with Crippen LogP contribution >= 0.6 is 0 Å². The third kappa shape index (κ3) is 4.04. The Morgan fingerprint density at radius 1 is 0.935 bits per heavy atom. The van der Waals surface area contributed by atoms with Gasteiger partial charge in [0.15, 0.2) is 0 Å². The maximum absolute atomic E-state index is 13.4. The monoisotopic (exact) mass is 425 g/mol. The lowest BCUT2D eigenvalue weighted by Crippen LogP contribution is -2.48. The van der Waals surface area contributed by atoms with Crippen LogP contribution in [0.3, 0.4) is 0 Å². The van der Waals surface area contributed by atoms with E-state index in [1.807, 2.05) is 4.90 Å². The number of imide groups is 1. The third-order valence-corrected chi connectivity index (χ3v) is 5.63. The highest BCUT2D eigenvalue weighted by atomic mass is 19.1. The molecular weight excluding hydrogens is 401 g/mol. The second kappa shape index (κ2) is 8.87. The molecule has 162 valence electrons. The number of aliphatic hydroxyl groups is 1. The summed E-state index contributed by atoms with van der Waals surface area (Å²) in [6.07, 6.45) is 0. The quantitative estimate of drug-likeness (QED) is 0.711. The minimum atomic E-state index is -0.439. The van der Waals surface area contributed by atoms with E-state index in [9.17, 15) is 19.1 Å². The van der Waals surface area contributed by atoms with Crippen molar-refractivity contribution < 1.29 is 23.8 Å². The molecule has 2 amide bonds. The average Bonchev–Trinajstić information content (AvgIpc) is 3.05. The first-order valence-electron chi connectivity index (χ1n) is 10.1. The van der Waals surface area contributed by atoms with E-state index in [4.69, 9.17) is 4.74 Å². The lowest BCUT2D eigenvalue weighted by molar-refractivity contribution is -0.120. The minimum Gasteiger partial charge on any atom is -0.497 e. The van der Waals surface area contributed by atoms with Crippen LogP contribution in [-0.4, -0.2) is 73.2 Å². The molecule has 4 rings (SSSR count). The maximum Gasteiger partial charge on any atom is 0.282 e. The van der Waals surface area contributed by atoms with Crippen LogP contribution in [0.2, 0.25) is 0 Å². The predicted molar refractivity (Wildman–Crippen MR) is 114 cm³/mol. The Hall–Kier alpha value is -3.23. The molecule has 8 heteroatoms. The Kier molecular flexibility index (Phi) is 6.01. The van der Waals surface area contributed by atoms with E-state index in [0.29, 0.717) is 61.0 Å². The molecule has 2 aliphatic rings. The number of amides is 2. The van der Waals surface area contributed by atoms with E-state index in [1.54, 1.807) is 31.4 Å². The van der Waals surface area contributed by atoms with E-state index < -0.39 is 17.6 Å².